The second kappa shape index (κ2) is 4.63. The van der Waals surface area contributed by atoms with E-state index in [1.165, 1.54) is 0 Å². The van der Waals surface area contributed by atoms with Crippen molar-refractivity contribution in [3.05, 3.63) is 0 Å². The number of nitrogens with one attached hydrogen (secondary N) is 1. The van der Waals surface area contributed by atoms with Gasteiger partial charge in [-0.2, -0.15) is 13.2 Å². The molecular weight excluding hydrogens is 199 g/mol. The van der Waals surface area contributed by atoms with Crippen LogP contribution in [0.2, 0.25) is 0 Å². The van der Waals surface area contributed by atoms with Crippen molar-refractivity contribution in [2.75, 3.05) is 6.54 Å². The van der Waals surface area contributed by atoms with Crippen LogP contribution in [0.1, 0.15) is 26.7 Å². The number of carbonyl (C=O) groups is 1. The van der Waals surface area contributed by atoms with Crippen LogP contribution >= 0.6 is 0 Å². The third-order valence-electron chi connectivity index (χ3n) is 2.15. The zero-order valence-corrected chi connectivity index (χ0v) is 8.11. The smallest absolute Gasteiger partial charge is 0.388 e. The Bertz CT molecular complexity index is 199. The van der Waals surface area contributed by atoms with Gasteiger partial charge in [0.2, 0.25) is 0 Å². The van der Waals surface area contributed by atoms with Crippen molar-refractivity contribution < 1.29 is 23.1 Å². The predicted molar refractivity (Wildman–Crippen MR) is 44.6 cm³/mol. The molecule has 3 nitrogen and oxygen atoms in total. The topological polar surface area (TPSA) is 49.3 Å². The van der Waals surface area contributed by atoms with E-state index in [2.05, 4.69) is 0 Å². The van der Waals surface area contributed by atoms with Crippen LogP contribution in [0, 0.1) is 0 Å². The van der Waals surface area contributed by atoms with Gasteiger partial charge < -0.3 is 10.4 Å². The molecule has 0 saturated carbocycles. The SMILES string of the molecule is CCC(O)(CC)CNC(=O)C(F)(F)F. The quantitative estimate of drug-likeness (QED) is 0.737. The van der Waals surface area contributed by atoms with E-state index in [4.69, 9.17) is 0 Å². The van der Waals surface area contributed by atoms with Crippen LogP contribution in [0.25, 0.3) is 0 Å². The first-order valence-corrected chi connectivity index (χ1v) is 4.32. The van der Waals surface area contributed by atoms with Crippen molar-refractivity contribution in [3.63, 3.8) is 0 Å². The minimum atomic E-state index is -4.89. The van der Waals surface area contributed by atoms with Gasteiger partial charge in [0.05, 0.1) is 5.60 Å². The predicted octanol–water partition coefficient (Wildman–Crippen LogP) is 1.22. The lowest BCUT2D eigenvalue weighted by molar-refractivity contribution is -0.174. The van der Waals surface area contributed by atoms with Crippen molar-refractivity contribution in [2.24, 2.45) is 0 Å². The van der Waals surface area contributed by atoms with Crippen LogP contribution in [-0.2, 0) is 4.79 Å². The third-order valence-corrected chi connectivity index (χ3v) is 2.15. The molecular formula is C8H14F3NO2. The fraction of sp³-hybridized carbons (Fsp3) is 0.875. The summed E-state index contributed by atoms with van der Waals surface area (Å²) in [6.07, 6.45) is -4.30. The molecule has 0 rings (SSSR count). The van der Waals surface area contributed by atoms with E-state index in [-0.39, 0.29) is 6.54 Å². The number of hydrogen-bond acceptors (Lipinski definition) is 2. The van der Waals surface area contributed by atoms with Crippen molar-refractivity contribution in [2.45, 2.75) is 38.5 Å². The summed E-state index contributed by atoms with van der Waals surface area (Å²) in [5.41, 5.74) is -1.25. The Hall–Kier alpha value is -0.780. The van der Waals surface area contributed by atoms with Crippen molar-refractivity contribution >= 4 is 5.91 Å². The number of amides is 1. The maximum Gasteiger partial charge on any atom is 0.471 e. The van der Waals surface area contributed by atoms with Crippen LogP contribution < -0.4 is 5.32 Å². The van der Waals surface area contributed by atoms with Crippen molar-refractivity contribution in [1.82, 2.24) is 5.32 Å². The summed E-state index contributed by atoms with van der Waals surface area (Å²) >= 11 is 0. The summed E-state index contributed by atoms with van der Waals surface area (Å²) < 4.78 is 35.2. The van der Waals surface area contributed by atoms with Crippen LogP contribution in [0.3, 0.4) is 0 Å². The van der Waals surface area contributed by atoms with Crippen molar-refractivity contribution in [1.29, 1.82) is 0 Å². The Morgan fingerprint density at radius 3 is 2.00 bits per heavy atom. The van der Waals surface area contributed by atoms with Gasteiger partial charge in [0, 0.05) is 6.54 Å². The number of alkyl halides is 3. The first kappa shape index (κ1) is 13.2. The molecule has 0 aliphatic carbocycles. The van der Waals surface area contributed by atoms with E-state index in [1.807, 2.05) is 0 Å². The molecule has 0 atom stereocenters. The number of hydrogen-bond donors (Lipinski definition) is 2. The van der Waals surface area contributed by atoms with Crippen LogP contribution in [0.15, 0.2) is 0 Å². The molecule has 84 valence electrons. The highest BCUT2D eigenvalue weighted by molar-refractivity contribution is 5.81. The number of halogens is 3. The Balaban J connectivity index is 4.12. The number of aliphatic hydroxyl groups is 1. The van der Waals surface area contributed by atoms with Gasteiger partial charge in [-0.25, -0.2) is 0 Å². The molecule has 0 heterocycles. The summed E-state index contributed by atoms with van der Waals surface area (Å²) in [6, 6.07) is 0. The first-order valence-electron chi connectivity index (χ1n) is 4.32. The molecule has 0 aromatic heterocycles. The molecule has 2 N–H and O–H groups in total. The molecule has 0 aromatic rings. The van der Waals surface area contributed by atoms with E-state index >= 15 is 0 Å². The largest absolute Gasteiger partial charge is 0.471 e. The van der Waals surface area contributed by atoms with Crippen LogP contribution in [0.5, 0.6) is 0 Å². The van der Waals surface area contributed by atoms with Crippen LogP contribution in [0.4, 0.5) is 13.2 Å². The summed E-state index contributed by atoms with van der Waals surface area (Å²) in [7, 11) is 0. The molecule has 0 aromatic carbocycles. The van der Waals surface area contributed by atoms with Gasteiger partial charge in [-0.1, -0.05) is 13.8 Å². The van der Waals surface area contributed by atoms with Gasteiger partial charge in [0.1, 0.15) is 0 Å². The zero-order chi connectivity index (χ0) is 11.4. The lowest BCUT2D eigenvalue weighted by Crippen LogP contribution is -2.46. The second-order valence-electron chi connectivity index (χ2n) is 3.11. The van der Waals surface area contributed by atoms with E-state index < -0.39 is 17.7 Å². The summed E-state index contributed by atoms with van der Waals surface area (Å²) in [5, 5.41) is 11.2. The lowest BCUT2D eigenvalue weighted by Gasteiger charge is -2.25. The van der Waals surface area contributed by atoms with Gasteiger partial charge in [-0.05, 0) is 12.8 Å². The fourth-order valence-electron chi connectivity index (χ4n) is 0.845. The Morgan fingerprint density at radius 1 is 1.29 bits per heavy atom. The third kappa shape index (κ3) is 3.95. The molecule has 1 amide bonds. The monoisotopic (exact) mass is 213 g/mol. The maximum atomic E-state index is 11.7. The minimum Gasteiger partial charge on any atom is -0.388 e. The normalized spacial score (nSPS) is 12.7. The minimum absolute atomic E-state index is 0.293. The van der Waals surface area contributed by atoms with Gasteiger partial charge in [-0.15, -0.1) is 0 Å². The fourth-order valence-corrected chi connectivity index (χ4v) is 0.845. The second-order valence-corrected chi connectivity index (χ2v) is 3.11. The molecule has 0 aliphatic rings. The molecule has 0 spiro atoms. The zero-order valence-electron chi connectivity index (χ0n) is 8.11. The van der Waals surface area contributed by atoms with Gasteiger partial charge in [0.25, 0.3) is 0 Å². The summed E-state index contributed by atoms with van der Waals surface area (Å²) in [5.74, 6) is -2.02. The first-order chi connectivity index (χ1) is 6.25. The Morgan fingerprint density at radius 2 is 1.71 bits per heavy atom. The molecule has 0 fully saturated rings. The highest BCUT2D eigenvalue weighted by Gasteiger charge is 2.39. The highest BCUT2D eigenvalue weighted by atomic mass is 19.4. The highest BCUT2D eigenvalue weighted by Crippen LogP contribution is 2.16. The van der Waals surface area contributed by atoms with E-state index in [0.717, 1.165) is 0 Å². The molecule has 0 unspecified atom stereocenters. The van der Waals surface area contributed by atoms with E-state index in [0.29, 0.717) is 12.8 Å². The standard InChI is InChI=1S/C8H14F3NO2/c1-3-7(14,4-2)5-12-6(13)8(9,10)11/h14H,3-5H2,1-2H3,(H,12,13). The van der Waals surface area contributed by atoms with E-state index in [1.54, 1.807) is 19.2 Å². The Labute approximate surface area is 80.3 Å². The molecule has 6 heteroatoms. The average Bonchev–Trinajstić information content (AvgIpc) is 2.12. The Kier molecular flexibility index (Phi) is 4.38. The van der Waals surface area contributed by atoms with Gasteiger partial charge >= 0.3 is 12.1 Å². The lowest BCUT2D eigenvalue weighted by atomic mass is 9.98. The molecule has 0 radical (unpaired) electrons. The number of carbonyl (C=O) groups excluding carboxylic acids is 1. The van der Waals surface area contributed by atoms with Gasteiger partial charge in [-0.3, -0.25) is 4.79 Å². The van der Waals surface area contributed by atoms with Crippen molar-refractivity contribution in [3.8, 4) is 0 Å². The molecule has 14 heavy (non-hydrogen) atoms. The molecule has 0 bridgehead atoms. The summed E-state index contributed by atoms with van der Waals surface area (Å²) in [6.45, 7) is 2.91. The molecule has 0 aliphatic heterocycles. The molecule has 0 saturated heterocycles. The van der Waals surface area contributed by atoms with Gasteiger partial charge in [0.15, 0.2) is 0 Å². The maximum absolute atomic E-state index is 11.7. The summed E-state index contributed by atoms with van der Waals surface area (Å²) in [4.78, 5) is 10.4. The van der Waals surface area contributed by atoms with Crippen LogP contribution in [-0.4, -0.2) is 29.3 Å². The number of rotatable bonds is 4. The van der Waals surface area contributed by atoms with E-state index in [9.17, 15) is 23.1 Å². The average molecular weight is 213 g/mol.